The molecule has 0 aliphatic rings. The predicted molar refractivity (Wildman–Crippen MR) is 153 cm³/mol. The van der Waals surface area contributed by atoms with Crippen LogP contribution in [0.1, 0.15) is 39.3 Å². The Hall–Kier alpha value is -4.60. The average molecular weight is 546 g/mol. The van der Waals surface area contributed by atoms with Crippen molar-refractivity contribution in [1.82, 2.24) is 20.3 Å². The molecule has 40 heavy (non-hydrogen) atoms. The summed E-state index contributed by atoms with van der Waals surface area (Å²) >= 11 is 0. The van der Waals surface area contributed by atoms with E-state index in [2.05, 4.69) is 15.6 Å². The summed E-state index contributed by atoms with van der Waals surface area (Å²) in [5.74, 6) is 0.796. The first-order valence-electron chi connectivity index (χ1n) is 13.0. The highest BCUT2D eigenvalue weighted by atomic mass is 16.5. The molecule has 4 aromatic rings. The molecule has 0 aliphatic heterocycles. The number of carbonyl (C=O) groups is 2. The van der Waals surface area contributed by atoms with E-state index in [0.717, 1.165) is 0 Å². The monoisotopic (exact) mass is 545 g/mol. The summed E-state index contributed by atoms with van der Waals surface area (Å²) in [6, 6.07) is 18.6. The predicted octanol–water partition coefficient (Wildman–Crippen LogP) is 4.54. The summed E-state index contributed by atoms with van der Waals surface area (Å²) in [4.78, 5) is 29.8. The maximum atomic E-state index is 14.3. The van der Waals surface area contributed by atoms with Gasteiger partial charge < -0.3 is 19.5 Å². The first-order chi connectivity index (χ1) is 19.1. The molecule has 1 aromatic heterocycles. The van der Waals surface area contributed by atoms with Gasteiger partial charge in [-0.25, -0.2) is 4.68 Å². The molecule has 0 unspecified atom stereocenters. The van der Waals surface area contributed by atoms with Gasteiger partial charge in [0.15, 0.2) is 0 Å². The van der Waals surface area contributed by atoms with Crippen LogP contribution in [0, 0.1) is 0 Å². The van der Waals surface area contributed by atoms with Crippen molar-refractivity contribution in [2.75, 3.05) is 25.7 Å². The Kier molecular flexibility index (Phi) is 8.57. The van der Waals surface area contributed by atoms with E-state index in [-0.39, 0.29) is 18.4 Å². The molecule has 0 saturated heterocycles. The Bertz CT molecular complexity index is 1470. The third-order valence-electron chi connectivity index (χ3n) is 6.08. The molecule has 4 rings (SSSR count). The van der Waals surface area contributed by atoms with E-state index in [4.69, 9.17) is 14.2 Å². The highest BCUT2D eigenvalue weighted by Gasteiger charge is 2.35. The molecule has 1 N–H and O–H groups in total. The van der Waals surface area contributed by atoms with Gasteiger partial charge in [0.25, 0.3) is 0 Å². The topological polar surface area (TPSA) is 108 Å². The van der Waals surface area contributed by atoms with Crippen molar-refractivity contribution in [3.63, 3.8) is 0 Å². The van der Waals surface area contributed by atoms with Crippen LogP contribution in [0.3, 0.4) is 0 Å². The molecular weight excluding hydrogens is 510 g/mol. The third-order valence-corrected chi connectivity index (χ3v) is 6.08. The number of aromatic nitrogens is 3. The molecule has 0 fully saturated rings. The Labute approximate surface area is 233 Å². The van der Waals surface area contributed by atoms with Crippen LogP contribution >= 0.6 is 0 Å². The quantitative estimate of drug-likeness (QED) is 0.312. The number of nitrogens with zero attached hydrogens (tertiary/aromatic N) is 4. The van der Waals surface area contributed by atoms with Gasteiger partial charge in [-0.1, -0.05) is 23.4 Å². The minimum atomic E-state index is -1.08. The van der Waals surface area contributed by atoms with E-state index < -0.39 is 11.6 Å². The summed E-state index contributed by atoms with van der Waals surface area (Å²) in [6.07, 6.45) is 0. The second-order valence-corrected chi connectivity index (χ2v) is 10.2. The highest BCUT2D eigenvalue weighted by molar-refractivity contribution is 6.02. The molecule has 0 spiro atoms. The number of hydrogen-bond donors (Lipinski definition) is 1. The van der Waals surface area contributed by atoms with Gasteiger partial charge in [-0.05, 0) is 69.7 Å². The molecule has 0 saturated carbocycles. The summed E-state index contributed by atoms with van der Waals surface area (Å²) in [6.45, 7) is 7.84. The fourth-order valence-electron chi connectivity index (χ4n) is 4.41. The van der Waals surface area contributed by atoms with Crippen LogP contribution in [0.2, 0.25) is 0 Å². The van der Waals surface area contributed by atoms with E-state index in [1.165, 1.54) is 23.8 Å². The minimum Gasteiger partial charge on any atom is -0.497 e. The van der Waals surface area contributed by atoms with E-state index in [0.29, 0.717) is 46.1 Å². The molecule has 1 atom stereocenters. The van der Waals surface area contributed by atoms with Crippen LogP contribution in [-0.2, 0) is 16.1 Å². The molecule has 10 heteroatoms. The van der Waals surface area contributed by atoms with Crippen molar-refractivity contribution in [2.24, 2.45) is 0 Å². The van der Waals surface area contributed by atoms with Crippen molar-refractivity contribution in [3.05, 3.63) is 72.3 Å². The molecule has 0 radical (unpaired) electrons. The average Bonchev–Trinajstić information content (AvgIpc) is 3.33. The van der Waals surface area contributed by atoms with Crippen molar-refractivity contribution in [2.45, 2.75) is 45.8 Å². The van der Waals surface area contributed by atoms with Crippen LogP contribution < -0.4 is 24.4 Å². The van der Waals surface area contributed by atoms with E-state index in [1.54, 1.807) is 42.5 Å². The SMILES string of the molecule is CCOc1cccc(N(C(=O)Cn2nnc3ccccc32)[C@H](C(=O)NC(C)(C)C)c2cc(OC)cc(OC)c2)c1. The maximum Gasteiger partial charge on any atom is 0.249 e. The van der Waals surface area contributed by atoms with Crippen LogP contribution in [-0.4, -0.2) is 53.2 Å². The number of carbonyl (C=O) groups excluding carboxylic acids is 2. The normalized spacial score (nSPS) is 12.1. The lowest BCUT2D eigenvalue weighted by Gasteiger charge is -2.34. The lowest BCUT2D eigenvalue weighted by Crippen LogP contribution is -2.50. The Morgan fingerprint density at radius 3 is 2.30 bits per heavy atom. The van der Waals surface area contributed by atoms with Gasteiger partial charge in [0, 0.05) is 23.4 Å². The minimum absolute atomic E-state index is 0.153. The number of rotatable bonds is 10. The first kappa shape index (κ1) is 28.4. The van der Waals surface area contributed by atoms with E-state index in [9.17, 15) is 9.59 Å². The Morgan fingerprint density at radius 2 is 1.65 bits per heavy atom. The van der Waals surface area contributed by atoms with Gasteiger partial charge in [0.05, 0.1) is 26.3 Å². The van der Waals surface area contributed by atoms with Crippen LogP contribution in [0.25, 0.3) is 11.0 Å². The van der Waals surface area contributed by atoms with E-state index >= 15 is 0 Å². The molecular formula is C30H35N5O5. The molecule has 210 valence electrons. The molecule has 2 amide bonds. The Balaban J connectivity index is 1.90. The number of methoxy groups -OCH3 is 2. The summed E-state index contributed by atoms with van der Waals surface area (Å²) < 4.78 is 18.3. The second-order valence-electron chi connectivity index (χ2n) is 10.2. The maximum absolute atomic E-state index is 14.3. The highest BCUT2D eigenvalue weighted by Crippen LogP contribution is 2.35. The number of amides is 2. The van der Waals surface area contributed by atoms with Crippen LogP contribution in [0.4, 0.5) is 5.69 Å². The Morgan fingerprint density at radius 1 is 0.950 bits per heavy atom. The zero-order valence-electron chi connectivity index (χ0n) is 23.7. The van der Waals surface area contributed by atoms with Gasteiger partial charge in [-0.2, -0.15) is 0 Å². The van der Waals surface area contributed by atoms with Crippen molar-refractivity contribution in [1.29, 1.82) is 0 Å². The van der Waals surface area contributed by atoms with Gasteiger partial charge in [0.2, 0.25) is 11.8 Å². The number of ether oxygens (including phenoxy) is 3. The fourth-order valence-corrected chi connectivity index (χ4v) is 4.41. The zero-order valence-corrected chi connectivity index (χ0v) is 23.7. The molecule has 10 nitrogen and oxygen atoms in total. The number of fused-ring (bicyclic) bond motifs is 1. The van der Waals surface area contributed by atoms with Crippen LogP contribution in [0.15, 0.2) is 66.7 Å². The summed E-state index contributed by atoms with van der Waals surface area (Å²) in [7, 11) is 3.07. The van der Waals surface area contributed by atoms with Crippen LogP contribution in [0.5, 0.6) is 17.2 Å². The van der Waals surface area contributed by atoms with Gasteiger partial charge >= 0.3 is 0 Å². The van der Waals surface area contributed by atoms with Crippen molar-refractivity contribution in [3.8, 4) is 17.2 Å². The van der Waals surface area contributed by atoms with Gasteiger partial charge in [-0.15, -0.1) is 5.10 Å². The van der Waals surface area contributed by atoms with Crippen molar-refractivity contribution < 1.29 is 23.8 Å². The second kappa shape index (κ2) is 12.1. The number of hydrogen-bond acceptors (Lipinski definition) is 7. The molecule has 3 aromatic carbocycles. The van der Waals surface area contributed by atoms with Gasteiger partial charge in [0.1, 0.15) is 35.4 Å². The molecule has 1 heterocycles. The first-order valence-corrected chi connectivity index (χ1v) is 13.0. The summed E-state index contributed by atoms with van der Waals surface area (Å²) in [5.41, 5.74) is 1.80. The number of anilines is 1. The summed E-state index contributed by atoms with van der Waals surface area (Å²) in [5, 5.41) is 11.4. The number of para-hydroxylation sites is 1. The van der Waals surface area contributed by atoms with E-state index in [1.807, 2.05) is 52.0 Å². The third kappa shape index (κ3) is 6.51. The lowest BCUT2D eigenvalue weighted by atomic mass is 10.00. The standard InChI is InChI=1S/C30H35N5O5/c1-7-40-22-12-10-11-21(17-22)35(27(36)19-34-26-14-9-8-13-25(26)32-33-34)28(29(37)31-30(2,3)4)20-15-23(38-5)18-24(16-20)39-6/h8-18,28H,7,19H2,1-6H3,(H,31,37)/t28-/m0/s1. The number of benzene rings is 3. The fraction of sp³-hybridized carbons (Fsp3) is 0.333. The molecule has 0 aliphatic carbocycles. The van der Waals surface area contributed by atoms with Gasteiger partial charge in [-0.3, -0.25) is 14.5 Å². The largest absolute Gasteiger partial charge is 0.497 e. The zero-order chi connectivity index (χ0) is 28.9. The van der Waals surface area contributed by atoms with Crippen molar-refractivity contribution >= 4 is 28.5 Å². The number of nitrogens with one attached hydrogen (secondary N) is 1. The lowest BCUT2D eigenvalue weighted by molar-refractivity contribution is -0.128. The molecule has 0 bridgehead atoms. The smallest absolute Gasteiger partial charge is 0.249 e.